The van der Waals surface area contributed by atoms with Gasteiger partial charge >= 0.3 is 5.97 Å². The van der Waals surface area contributed by atoms with E-state index in [2.05, 4.69) is 10.3 Å². The number of aromatic nitrogens is 1. The number of carbonyl (C=O) groups is 2. The molecule has 0 atom stereocenters. The molecule has 0 saturated carbocycles. The normalized spacial score (nSPS) is 14.6. The fraction of sp³-hybridized carbons (Fsp3) is 0.350. The fourth-order valence-corrected chi connectivity index (χ4v) is 2.91. The van der Waals surface area contributed by atoms with E-state index in [1.807, 2.05) is 0 Å². The topological polar surface area (TPSA) is 97.8 Å². The molecule has 1 fully saturated rings. The van der Waals surface area contributed by atoms with Gasteiger partial charge in [-0.15, -0.1) is 0 Å². The Hall–Kier alpha value is -2.93. The van der Waals surface area contributed by atoms with Crippen molar-refractivity contribution in [1.82, 2.24) is 10.3 Å². The first kappa shape index (κ1) is 18.8. The van der Waals surface area contributed by atoms with Gasteiger partial charge in [0.05, 0.1) is 18.8 Å². The van der Waals surface area contributed by atoms with E-state index in [0.717, 1.165) is 24.0 Å². The van der Waals surface area contributed by atoms with Gasteiger partial charge in [-0.3, -0.25) is 4.79 Å². The van der Waals surface area contributed by atoms with Crippen LogP contribution in [0.1, 0.15) is 44.7 Å². The molecule has 0 radical (unpaired) electrons. The maximum absolute atomic E-state index is 12.4. The van der Waals surface area contributed by atoms with Crippen molar-refractivity contribution in [2.75, 3.05) is 13.2 Å². The standard InChI is InChI=1S/C20H22N2O5/c1-13-8-15(11-16(9-13)20(24)25)19(23)22-12-14-2-5-21-18(10-14)27-17-3-6-26-7-4-17/h2,5,8-11,17H,3-4,6-7,12H2,1H3,(H,22,23)(H,24,25). The highest BCUT2D eigenvalue weighted by Gasteiger charge is 2.16. The molecule has 2 N–H and O–H groups in total. The van der Waals surface area contributed by atoms with Crippen molar-refractivity contribution in [3.63, 3.8) is 0 Å². The minimum Gasteiger partial charge on any atom is -0.478 e. The Morgan fingerprint density at radius 1 is 1.22 bits per heavy atom. The van der Waals surface area contributed by atoms with Gasteiger partial charge in [-0.05, 0) is 42.3 Å². The predicted octanol–water partition coefficient (Wildman–Crippen LogP) is 2.58. The zero-order valence-corrected chi connectivity index (χ0v) is 15.1. The van der Waals surface area contributed by atoms with Gasteiger partial charge < -0.3 is 19.9 Å². The van der Waals surface area contributed by atoms with Crippen LogP contribution in [0.4, 0.5) is 0 Å². The second-order valence-electron chi connectivity index (χ2n) is 6.51. The number of hydrogen-bond donors (Lipinski definition) is 2. The highest BCUT2D eigenvalue weighted by Crippen LogP contribution is 2.17. The number of carboxylic acid groups (broad SMARTS) is 1. The molecule has 1 aromatic carbocycles. The quantitative estimate of drug-likeness (QED) is 0.811. The minimum absolute atomic E-state index is 0.0937. The van der Waals surface area contributed by atoms with Crippen LogP contribution in [0.25, 0.3) is 0 Å². The smallest absolute Gasteiger partial charge is 0.335 e. The number of amides is 1. The lowest BCUT2D eigenvalue weighted by Gasteiger charge is -2.22. The lowest BCUT2D eigenvalue weighted by molar-refractivity contribution is 0.0237. The summed E-state index contributed by atoms with van der Waals surface area (Å²) >= 11 is 0. The number of benzene rings is 1. The third kappa shape index (κ3) is 5.27. The van der Waals surface area contributed by atoms with Crippen LogP contribution in [0, 0.1) is 6.92 Å². The molecular formula is C20H22N2O5. The Balaban J connectivity index is 1.62. The minimum atomic E-state index is -1.06. The Morgan fingerprint density at radius 3 is 2.70 bits per heavy atom. The van der Waals surface area contributed by atoms with Crippen LogP contribution in [0.3, 0.4) is 0 Å². The van der Waals surface area contributed by atoms with E-state index < -0.39 is 5.97 Å². The second kappa shape index (κ2) is 8.64. The van der Waals surface area contributed by atoms with Crippen molar-refractivity contribution in [2.45, 2.75) is 32.4 Å². The predicted molar refractivity (Wildman–Crippen MR) is 98.0 cm³/mol. The summed E-state index contributed by atoms with van der Waals surface area (Å²) in [4.78, 5) is 27.8. The molecule has 2 aromatic rings. The summed E-state index contributed by atoms with van der Waals surface area (Å²) in [5.41, 5.74) is 1.99. The van der Waals surface area contributed by atoms with Crippen LogP contribution >= 0.6 is 0 Å². The fourth-order valence-electron chi connectivity index (χ4n) is 2.91. The lowest BCUT2D eigenvalue weighted by Crippen LogP contribution is -2.26. The van der Waals surface area contributed by atoms with Crippen molar-refractivity contribution in [3.05, 3.63) is 58.8 Å². The van der Waals surface area contributed by atoms with Gasteiger partial charge in [0.1, 0.15) is 6.10 Å². The first-order valence-corrected chi connectivity index (χ1v) is 8.84. The van der Waals surface area contributed by atoms with Crippen molar-refractivity contribution < 1.29 is 24.2 Å². The average Bonchev–Trinajstić information content (AvgIpc) is 2.66. The number of pyridine rings is 1. The van der Waals surface area contributed by atoms with Gasteiger partial charge in [0, 0.05) is 37.2 Å². The number of nitrogens with zero attached hydrogens (tertiary/aromatic N) is 1. The summed E-state index contributed by atoms with van der Waals surface area (Å²) in [5.74, 6) is -0.862. The number of aryl methyl sites for hydroxylation is 1. The number of carboxylic acids is 1. The molecule has 0 unspecified atom stereocenters. The van der Waals surface area contributed by atoms with Gasteiger partial charge in [0.15, 0.2) is 0 Å². The van der Waals surface area contributed by atoms with Gasteiger partial charge in [0.2, 0.25) is 5.88 Å². The van der Waals surface area contributed by atoms with Crippen molar-refractivity contribution in [2.24, 2.45) is 0 Å². The molecule has 2 heterocycles. The van der Waals surface area contributed by atoms with Gasteiger partial charge in [0.25, 0.3) is 5.91 Å². The highest BCUT2D eigenvalue weighted by atomic mass is 16.5. The summed E-state index contributed by atoms with van der Waals surface area (Å²) in [6, 6.07) is 8.16. The van der Waals surface area contributed by atoms with Crippen molar-refractivity contribution in [3.8, 4) is 5.88 Å². The van der Waals surface area contributed by atoms with E-state index in [1.54, 1.807) is 31.3 Å². The number of hydrogen-bond acceptors (Lipinski definition) is 5. The second-order valence-corrected chi connectivity index (χ2v) is 6.51. The molecule has 1 saturated heterocycles. The number of ether oxygens (including phenoxy) is 2. The SMILES string of the molecule is Cc1cc(C(=O)O)cc(C(=O)NCc2ccnc(OC3CCOCC3)c2)c1. The zero-order chi connectivity index (χ0) is 19.2. The maximum Gasteiger partial charge on any atom is 0.335 e. The molecular weight excluding hydrogens is 348 g/mol. The Bertz CT molecular complexity index is 831. The van der Waals surface area contributed by atoms with Crippen LogP contribution < -0.4 is 10.1 Å². The molecule has 142 valence electrons. The molecule has 1 amide bonds. The van der Waals surface area contributed by atoms with E-state index in [0.29, 0.717) is 31.2 Å². The van der Waals surface area contributed by atoms with E-state index in [4.69, 9.17) is 14.6 Å². The molecule has 1 aliphatic rings. The first-order chi connectivity index (χ1) is 13.0. The monoisotopic (exact) mass is 370 g/mol. The van der Waals surface area contributed by atoms with E-state index >= 15 is 0 Å². The van der Waals surface area contributed by atoms with Crippen molar-refractivity contribution >= 4 is 11.9 Å². The molecule has 1 aliphatic heterocycles. The number of aromatic carboxylic acids is 1. The number of rotatable bonds is 6. The number of carbonyl (C=O) groups excluding carboxylic acids is 1. The molecule has 0 spiro atoms. The van der Waals surface area contributed by atoms with Gasteiger partial charge in [-0.1, -0.05) is 0 Å². The lowest BCUT2D eigenvalue weighted by atomic mass is 10.1. The van der Waals surface area contributed by atoms with Crippen LogP contribution in [0.5, 0.6) is 5.88 Å². The third-order valence-corrected chi connectivity index (χ3v) is 4.29. The van der Waals surface area contributed by atoms with Crippen LogP contribution in [0.15, 0.2) is 36.5 Å². The highest BCUT2D eigenvalue weighted by molar-refractivity contribution is 5.97. The molecule has 7 heteroatoms. The first-order valence-electron chi connectivity index (χ1n) is 8.84. The average molecular weight is 370 g/mol. The largest absolute Gasteiger partial charge is 0.478 e. The third-order valence-electron chi connectivity index (χ3n) is 4.29. The number of nitrogens with one attached hydrogen (secondary N) is 1. The molecule has 0 aliphatic carbocycles. The summed E-state index contributed by atoms with van der Waals surface area (Å²) in [6.07, 6.45) is 3.41. The van der Waals surface area contributed by atoms with Gasteiger partial charge in [-0.25, -0.2) is 9.78 Å². The Labute approximate surface area is 157 Å². The molecule has 7 nitrogen and oxygen atoms in total. The van der Waals surface area contributed by atoms with Gasteiger partial charge in [-0.2, -0.15) is 0 Å². The van der Waals surface area contributed by atoms with Crippen LogP contribution in [-0.2, 0) is 11.3 Å². The Morgan fingerprint density at radius 2 is 1.96 bits per heavy atom. The molecule has 3 rings (SSSR count). The Kier molecular flexibility index (Phi) is 6.03. The van der Waals surface area contributed by atoms with E-state index in [1.165, 1.54) is 12.1 Å². The van der Waals surface area contributed by atoms with Crippen molar-refractivity contribution in [1.29, 1.82) is 0 Å². The summed E-state index contributed by atoms with van der Waals surface area (Å²) in [5, 5.41) is 11.9. The summed E-state index contributed by atoms with van der Waals surface area (Å²) in [7, 11) is 0. The van der Waals surface area contributed by atoms with E-state index in [9.17, 15) is 9.59 Å². The summed E-state index contributed by atoms with van der Waals surface area (Å²) < 4.78 is 11.2. The zero-order valence-electron chi connectivity index (χ0n) is 15.1. The van der Waals surface area contributed by atoms with Crippen LogP contribution in [0.2, 0.25) is 0 Å². The summed E-state index contributed by atoms with van der Waals surface area (Å²) in [6.45, 7) is 3.43. The maximum atomic E-state index is 12.4. The molecule has 0 bridgehead atoms. The van der Waals surface area contributed by atoms with Crippen LogP contribution in [-0.4, -0.2) is 41.3 Å². The molecule has 1 aromatic heterocycles. The van der Waals surface area contributed by atoms with E-state index in [-0.39, 0.29) is 17.6 Å². The molecule has 27 heavy (non-hydrogen) atoms.